The number of nitrogens with one attached hydrogen (secondary N) is 1. The molecule has 0 aliphatic heterocycles. The van der Waals surface area contributed by atoms with Crippen molar-refractivity contribution < 1.29 is 18.3 Å². The van der Waals surface area contributed by atoms with E-state index in [4.69, 9.17) is 9.15 Å². The number of hydrogen-bond donors (Lipinski definition) is 1. The highest BCUT2D eigenvalue weighted by molar-refractivity contribution is 9.10. The number of carbonyl (C=O) groups is 1. The molecule has 2 aromatic rings. The van der Waals surface area contributed by atoms with Gasteiger partial charge in [0.05, 0.1) is 12.3 Å². The molecule has 7 heteroatoms. The normalized spacial score (nSPS) is 10.3. The largest absolute Gasteiger partial charge is 0.461 e. The van der Waals surface area contributed by atoms with Crippen molar-refractivity contribution in [3.8, 4) is 0 Å². The lowest BCUT2D eigenvalue weighted by atomic mass is 10.3. The van der Waals surface area contributed by atoms with Gasteiger partial charge in [-0.3, -0.25) is 0 Å². The maximum Gasteiger partial charge on any atom is 0.360 e. The molecule has 0 saturated carbocycles. The van der Waals surface area contributed by atoms with Crippen molar-refractivity contribution in [2.45, 2.75) is 6.92 Å². The van der Waals surface area contributed by atoms with E-state index in [0.29, 0.717) is 4.47 Å². The maximum absolute atomic E-state index is 13.6. The van der Waals surface area contributed by atoms with Crippen LogP contribution in [0.1, 0.15) is 17.4 Å². The third-order valence-corrected chi connectivity index (χ3v) is 2.65. The lowest BCUT2D eigenvalue weighted by molar-refractivity contribution is 0.0519. The lowest BCUT2D eigenvalue weighted by Gasteiger charge is -2.03. The summed E-state index contributed by atoms with van der Waals surface area (Å²) in [5, 5.41) is 2.64. The van der Waals surface area contributed by atoms with Crippen molar-refractivity contribution in [2.24, 2.45) is 0 Å². The van der Waals surface area contributed by atoms with Gasteiger partial charge in [-0.1, -0.05) is 15.9 Å². The third kappa shape index (κ3) is 3.31. The Morgan fingerprint density at radius 3 is 3.05 bits per heavy atom. The molecule has 2 rings (SSSR count). The highest BCUT2D eigenvalue weighted by Crippen LogP contribution is 2.22. The van der Waals surface area contributed by atoms with E-state index in [1.165, 1.54) is 12.1 Å². The molecule has 19 heavy (non-hydrogen) atoms. The minimum Gasteiger partial charge on any atom is -0.461 e. The smallest absolute Gasteiger partial charge is 0.360 e. The van der Waals surface area contributed by atoms with Crippen LogP contribution in [0.25, 0.3) is 0 Å². The standard InChI is InChI=1S/C12H10BrFN2O3/c1-2-18-11(17)10-6-19-12(16-10)15-9-4-3-7(13)5-8(9)14/h3-6H,2H2,1H3,(H,15,16). The first-order valence-electron chi connectivity index (χ1n) is 5.45. The molecule has 0 bridgehead atoms. The molecule has 0 aliphatic carbocycles. The summed E-state index contributed by atoms with van der Waals surface area (Å²) in [4.78, 5) is 15.2. The zero-order valence-electron chi connectivity index (χ0n) is 9.94. The van der Waals surface area contributed by atoms with E-state index in [9.17, 15) is 9.18 Å². The summed E-state index contributed by atoms with van der Waals surface area (Å²) in [5.74, 6) is -1.05. The summed E-state index contributed by atoms with van der Waals surface area (Å²) in [6, 6.07) is 4.51. The van der Waals surface area contributed by atoms with Gasteiger partial charge in [-0.2, -0.15) is 4.98 Å². The second-order valence-corrected chi connectivity index (χ2v) is 4.42. The van der Waals surface area contributed by atoms with Crippen molar-refractivity contribution in [1.29, 1.82) is 0 Å². The van der Waals surface area contributed by atoms with Crippen LogP contribution in [0.4, 0.5) is 16.1 Å². The number of hydrogen-bond acceptors (Lipinski definition) is 5. The fraction of sp³-hybridized carbons (Fsp3) is 0.167. The fourth-order valence-corrected chi connectivity index (χ4v) is 1.67. The van der Waals surface area contributed by atoms with Gasteiger partial charge in [0.15, 0.2) is 5.69 Å². The molecule has 0 atom stereocenters. The lowest BCUT2D eigenvalue weighted by Crippen LogP contribution is -2.05. The SMILES string of the molecule is CCOC(=O)c1coc(Nc2ccc(Br)cc2F)n1. The van der Waals surface area contributed by atoms with Crippen molar-refractivity contribution in [3.05, 3.63) is 40.4 Å². The van der Waals surface area contributed by atoms with Gasteiger partial charge in [0.2, 0.25) is 0 Å². The number of oxazole rings is 1. The van der Waals surface area contributed by atoms with E-state index < -0.39 is 11.8 Å². The fourth-order valence-electron chi connectivity index (χ4n) is 1.34. The highest BCUT2D eigenvalue weighted by Gasteiger charge is 2.14. The first-order chi connectivity index (χ1) is 9.10. The molecule has 0 aliphatic rings. The molecule has 1 aromatic heterocycles. The van der Waals surface area contributed by atoms with Gasteiger partial charge in [0.1, 0.15) is 12.1 Å². The van der Waals surface area contributed by atoms with Gasteiger partial charge in [0, 0.05) is 4.47 Å². The monoisotopic (exact) mass is 328 g/mol. The molecule has 1 N–H and O–H groups in total. The number of rotatable bonds is 4. The molecule has 0 unspecified atom stereocenters. The van der Waals surface area contributed by atoms with Crippen LogP contribution >= 0.6 is 15.9 Å². The number of carbonyl (C=O) groups excluding carboxylic acids is 1. The molecule has 100 valence electrons. The number of nitrogens with zero attached hydrogens (tertiary/aromatic N) is 1. The van der Waals surface area contributed by atoms with E-state index >= 15 is 0 Å². The maximum atomic E-state index is 13.6. The van der Waals surface area contributed by atoms with E-state index in [1.54, 1.807) is 13.0 Å². The van der Waals surface area contributed by atoms with Crippen molar-refractivity contribution >= 4 is 33.6 Å². The zero-order chi connectivity index (χ0) is 13.8. The number of benzene rings is 1. The van der Waals surface area contributed by atoms with Crippen LogP contribution in [0.15, 0.2) is 33.4 Å². The Morgan fingerprint density at radius 1 is 1.58 bits per heavy atom. The Hall–Kier alpha value is -1.89. The average molecular weight is 329 g/mol. The molecular weight excluding hydrogens is 319 g/mol. The number of esters is 1. The average Bonchev–Trinajstić information content (AvgIpc) is 2.82. The second-order valence-electron chi connectivity index (χ2n) is 3.51. The Morgan fingerprint density at radius 2 is 2.37 bits per heavy atom. The van der Waals surface area contributed by atoms with Gasteiger partial charge in [-0.05, 0) is 25.1 Å². The highest BCUT2D eigenvalue weighted by atomic mass is 79.9. The van der Waals surface area contributed by atoms with Gasteiger partial charge < -0.3 is 14.5 Å². The summed E-state index contributed by atoms with van der Waals surface area (Å²) in [6.07, 6.45) is 1.15. The molecule has 0 radical (unpaired) electrons. The Bertz CT molecular complexity index is 600. The Labute approximate surface area is 116 Å². The van der Waals surface area contributed by atoms with Crippen LogP contribution in [0.5, 0.6) is 0 Å². The minimum absolute atomic E-state index is 0.0178. The third-order valence-electron chi connectivity index (χ3n) is 2.16. The summed E-state index contributed by atoms with van der Waals surface area (Å²) < 4.78 is 24.0. The molecule has 0 spiro atoms. The van der Waals surface area contributed by atoms with Crippen LogP contribution in [0, 0.1) is 5.82 Å². The quantitative estimate of drug-likeness (QED) is 0.870. The van der Waals surface area contributed by atoms with Crippen molar-refractivity contribution in [3.63, 3.8) is 0 Å². The number of aromatic nitrogens is 1. The van der Waals surface area contributed by atoms with Crippen molar-refractivity contribution in [1.82, 2.24) is 4.98 Å². The van der Waals surface area contributed by atoms with Gasteiger partial charge >= 0.3 is 5.97 Å². The van der Waals surface area contributed by atoms with Crippen LogP contribution in [0.2, 0.25) is 0 Å². The van der Waals surface area contributed by atoms with E-state index in [-0.39, 0.29) is 24.0 Å². The predicted molar refractivity (Wildman–Crippen MR) is 69.8 cm³/mol. The minimum atomic E-state index is -0.587. The first-order valence-corrected chi connectivity index (χ1v) is 6.24. The molecule has 0 saturated heterocycles. The van der Waals surface area contributed by atoms with E-state index in [2.05, 4.69) is 26.2 Å². The van der Waals surface area contributed by atoms with Crippen LogP contribution < -0.4 is 5.32 Å². The first kappa shape index (κ1) is 13.5. The summed E-state index contributed by atoms with van der Waals surface area (Å²) >= 11 is 3.15. The molecule has 0 amide bonds. The van der Waals surface area contributed by atoms with E-state index in [0.717, 1.165) is 6.26 Å². The summed E-state index contributed by atoms with van der Waals surface area (Å²) in [5.41, 5.74) is 0.224. The Balaban J connectivity index is 2.13. The van der Waals surface area contributed by atoms with Gasteiger partial charge in [-0.25, -0.2) is 9.18 Å². The van der Waals surface area contributed by atoms with Gasteiger partial charge in [-0.15, -0.1) is 0 Å². The van der Waals surface area contributed by atoms with Crippen molar-refractivity contribution in [2.75, 3.05) is 11.9 Å². The summed E-state index contributed by atoms with van der Waals surface area (Å²) in [6.45, 7) is 1.93. The number of anilines is 2. The Kier molecular flexibility index (Phi) is 4.16. The van der Waals surface area contributed by atoms with Crippen LogP contribution in [-0.4, -0.2) is 17.6 Å². The second kappa shape index (κ2) is 5.83. The molecule has 1 aromatic carbocycles. The molecule has 0 fully saturated rings. The van der Waals surface area contributed by atoms with Gasteiger partial charge in [0.25, 0.3) is 6.01 Å². The topological polar surface area (TPSA) is 64.4 Å². The molecule has 5 nitrogen and oxygen atoms in total. The predicted octanol–water partition coefficient (Wildman–Crippen LogP) is 3.50. The molecule has 1 heterocycles. The van der Waals surface area contributed by atoms with Crippen LogP contribution in [-0.2, 0) is 4.74 Å². The van der Waals surface area contributed by atoms with E-state index in [1.807, 2.05) is 0 Å². The molecular formula is C12H10BrFN2O3. The van der Waals surface area contributed by atoms with Crippen LogP contribution in [0.3, 0.4) is 0 Å². The number of halogens is 2. The summed E-state index contributed by atoms with van der Waals surface area (Å²) in [7, 11) is 0. The number of ether oxygens (including phenoxy) is 1. The zero-order valence-corrected chi connectivity index (χ0v) is 11.5.